The van der Waals surface area contributed by atoms with Crippen LogP contribution in [0.2, 0.25) is 0 Å². The summed E-state index contributed by atoms with van der Waals surface area (Å²) >= 11 is 0. The summed E-state index contributed by atoms with van der Waals surface area (Å²) in [5, 5.41) is 8.68. The number of hydrogen-bond acceptors (Lipinski definition) is 4. The van der Waals surface area contributed by atoms with Gasteiger partial charge in [-0.05, 0) is 24.3 Å². The third-order valence-electron chi connectivity index (χ3n) is 2.36. The summed E-state index contributed by atoms with van der Waals surface area (Å²) in [6.07, 6.45) is -4.60. The van der Waals surface area contributed by atoms with Gasteiger partial charge in [0, 0.05) is 11.8 Å². The Balaban J connectivity index is 2.41. The molecule has 0 atom stereocenters. The van der Waals surface area contributed by atoms with Gasteiger partial charge < -0.3 is 10.5 Å². The number of ether oxygens (including phenoxy) is 1. The average molecular weight is 279 g/mol. The van der Waals surface area contributed by atoms with Crippen LogP contribution in [0.5, 0.6) is 11.6 Å². The van der Waals surface area contributed by atoms with E-state index in [1.54, 1.807) is 6.07 Å². The number of rotatable bonds is 2. The molecular weight excluding hydrogens is 271 g/mol. The van der Waals surface area contributed by atoms with E-state index >= 15 is 0 Å². The van der Waals surface area contributed by atoms with Crippen LogP contribution in [0.4, 0.5) is 18.9 Å². The molecule has 7 heteroatoms. The lowest BCUT2D eigenvalue weighted by Crippen LogP contribution is -2.08. The highest BCUT2D eigenvalue weighted by atomic mass is 19.4. The molecule has 0 unspecified atom stereocenters. The van der Waals surface area contributed by atoms with Crippen molar-refractivity contribution >= 4 is 5.69 Å². The van der Waals surface area contributed by atoms with Crippen molar-refractivity contribution in [3.63, 3.8) is 0 Å². The summed E-state index contributed by atoms with van der Waals surface area (Å²) in [6, 6.07) is 9.19. The maximum atomic E-state index is 12.9. The van der Waals surface area contributed by atoms with E-state index in [1.807, 2.05) is 0 Å². The van der Waals surface area contributed by atoms with Gasteiger partial charge in [0.25, 0.3) is 0 Å². The molecule has 0 aliphatic heterocycles. The fourth-order valence-corrected chi connectivity index (χ4v) is 1.50. The Morgan fingerprint density at radius 2 is 1.95 bits per heavy atom. The number of aromatic nitrogens is 1. The number of pyridine rings is 1. The molecule has 0 fully saturated rings. The molecule has 0 amide bonds. The van der Waals surface area contributed by atoms with Gasteiger partial charge in [0.2, 0.25) is 5.88 Å². The van der Waals surface area contributed by atoms with Gasteiger partial charge in [-0.25, -0.2) is 4.98 Å². The molecule has 20 heavy (non-hydrogen) atoms. The van der Waals surface area contributed by atoms with E-state index in [-0.39, 0.29) is 17.3 Å². The minimum Gasteiger partial charge on any atom is -0.438 e. The number of nitrogen functional groups attached to an aromatic ring is 1. The molecule has 0 spiro atoms. The van der Waals surface area contributed by atoms with Crippen molar-refractivity contribution in [1.29, 1.82) is 5.26 Å². The molecule has 1 aromatic carbocycles. The first-order chi connectivity index (χ1) is 9.40. The second-order valence-corrected chi connectivity index (χ2v) is 3.83. The highest BCUT2D eigenvalue weighted by Crippen LogP contribution is 2.38. The van der Waals surface area contributed by atoms with Crippen molar-refractivity contribution in [3.05, 3.63) is 47.7 Å². The summed E-state index contributed by atoms with van der Waals surface area (Å²) in [6.45, 7) is 0. The number of hydrogen-bond donors (Lipinski definition) is 1. The van der Waals surface area contributed by atoms with E-state index in [0.29, 0.717) is 0 Å². The molecule has 2 aromatic rings. The zero-order valence-corrected chi connectivity index (χ0v) is 9.98. The summed E-state index contributed by atoms with van der Waals surface area (Å²) in [5.74, 6) is -0.520. The highest BCUT2D eigenvalue weighted by Gasteiger charge is 2.34. The fraction of sp³-hybridized carbons (Fsp3) is 0.0769. The van der Waals surface area contributed by atoms with Gasteiger partial charge in [-0.1, -0.05) is 6.07 Å². The van der Waals surface area contributed by atoms with Crippen LogP contribution in [0.25, 0.3) is 0 Å². The smallest absolute Gasteiger partial charge is 0.420 e. The van der Waals surface area contributed by atoms with Gasteiger partial charge in [-0.2, -0.15) is 18.4 Å². The Hall–Kier alpha value is -2.75. The highest BCUT2D eigenvalue weighted by molar-refractivity contribution is 5.50. The van der Waals surface area contributed by atoms with Gasteiger partial charge in [0.15, 0.2) is 0 Å². The van der Waals surface area contributed by atoms with Crippen LogP contribution < -0.4 is 10.5 Å². The maximum Gasteiger partial charge on any atom is 0.420 e. The Labute approximate surface area is 112 Å². The van der Waals surface area contributed by atoms with Crippen LogP contribution in [-0.2, 0) is 6.18 Å². The van der Waals surface area contributed by atoms with Gasteiger partial charge in [0.1, 0.15) is 23.1 Å². The molecular formula is C13H8F3N3O. The number of nitrogens with two attached hydrogens (primary N) is 1. The number of nitrogens with zero attached hydrogens (tertiary/aromatic N) is 2. The van der Waals surface area contributed by atoms with Crippen LogP contribution in [0, 0.1) is 11.3 Å². The molecule has 0 aliphatic rings. The zero-order valence-electron chi connectivity index (χ0n) is 9.98. The summed E-state index contributed by atoms with van der Waals surface area (Å²) in [7, 11) is 0. The molecule has 1 aromatic heterocycles. The van der Waals surface area contributed by atoms with E-state index in [4.69, 9.17) is 15.7 Å². The normalized spacial score (nSPS) is 10.9. The standard InChI is InChI=1S/C13H8F3N3O/c14-13(15,16)10-6-8(18)4-5-11(10)20-12-3-1-2-9(7-17)19-12/h1-6H,18H2. The summed E-state index contributed by atoms with van der Waals surface area (Å²) < 4.78 is 43.7. The van der Waals surface area contributed by atoms with Crippen molar-refractivity contribution in [2.24, 2.45) is 0 Å². The third kappa shape index (κ3) is 2.98. The van der Waals surface area contributed by atoms with Crippen LogP contribution >= 0.6 is 0 Å². The van der Waals surface area contributed by atoms with E-state index in [0.717, 1.165) is 12.1 Å². The Morgan fingerprint density at radius 1 is 1.20 bits per heavy atom. The second kappa shape index (κ2) is 5.09. The topological polar surface area (TPSA) is 71.9 Å². The van der Waals surface area contributed by atoms with Crippen molar-refractivity contribution in [3.8, 4) is 17.7 Å². The van der Waals surface area contributed by atoms with Gasteiger partial charge >= 0.3 is 6.18 Å². The first-order valence-electron chi connectivity index (χ1n) is 5.42. The Kier molecular flexibility index (Phi) is 3.48. The Morgan fingerprint density at radius 3 is 2.60 bits per heavy atom. The van der Waals surface area contributed by atoms with Gasteiger partial charge in [-0.15, -0.1) is 0 Å². The molecule has 0 saturated heterocycles. The quantitative estimate of drug-likeness (QED) is 0.856. The minimum atomic E-state index is -4.60. The molecule has 0 aliphatic carbocycles. The monoisotopic (exact) mass is 279 g/mol. The predicted molar refractivity (Wildman–Crippen MR) is 64.9 cm³/mol. The molecule has 0 radical (unpaired) electrons. The van der Waals surface area contributed by atoms with Crippen molar-refractivity contribution < 1.29 is 17.9 Å². The lowest BCUT2D eigenvalue weighted by Gasteiger charge is -2.13. The first-order valence-corrected chi connectivity index (χ1v) is 5.42. The lowest BCUT2D eigenvalue weighted by molar-refractivity contribution is -0.138. The number of alkyl halides is 3. The van der Waals surface area contributed by atoms with E-state index in [2.05, 4.69) is 4.98 Å². The SMILES string of the molecule is N#Cc1cccc(Oc2ccc(N)cc2C(F)(F)F)n1. The number of halogens is 3. The molecule has 2 N–H and O–H groups in total. The minimum absolute atomic E-state index is 0.0246. The molecule has 2 rings (SSSR count). The lowest BCUT2D eigenvalue weighted by atomic mass is 10.1. The summed E-state index contributed by atoms with van der Waals surface area (Å²) in [4.78, 5) is 3.75. The first kappa shape index (κ1) is 13.7. The average Bonchev–Trinajstić information content (AvgIpc) is 2.40. The van der Waals surface area contributed by atoms with E-state index in [1.165, 1.54) is 24.3 Å². The zero-order chi connectivity index (χ0) is 14.8. The van der Waals surface area contributed by atoms with Gasteiger partial charge in [-0.3, -0.25) is 0 Å². The molecule has 1 heterocycles. The van der Waals surface area contributed by atoms with Crippen LogP contribution in [0.3, 0.4) is 0 Å². The fourth-order valence-electron chi connectivity index (χ4n) is 1.50. The summed E-state index contributed by atoms with van der Waals surface area (Å²) in [5.41, 5.74) is 4.37. The van der Waals surface area contributed by atoms with Crippen molar-refractivity contribution in [2.45, 2.75) is 6.18 Å². The molecule has 0 bridgehead atoms. The van der Waals surface area contributed by atoms with Crippen LogP contribution in [0.15, 0.2) is 36.4 Å². The molecule has 4 nitrogen and oxygen atoms in total. The van der Waals surface area contributed by atoms with Crippen LogP contribution in [-0.4, -0.2) is 4.98 Å². The van der Waals surface area contributed by atoms with E-state index < -0.39 is 17.5 Å². The van der Waals surface area contributed by atoms with E-state index in [9.17, 15) is 13.2 Å². The van der Waals surface area contributed by atoms with Crippen LogP contribution in [0.1, 0.15) is 11.3 Å². The number of benzene rings is 1. The number of anilines is 1. The second-order valence-electron chi connectivity index (χ2n) is 3.83. The van der Waals surface area contributed by atoms with Crippen molar-refractivity contribution in [1.82, 2.24) is 4.98 Å². The largest absolute Gasteiger partial charge is 0.438 e. The number of nitriles is 1. The van der Waals surface area contributed by atoms with Gasteiger partial charge in [0.05, 0.1) is 0 Å². The predicted octanol–water partition coefficient (Wildman–Crippen LogP) is 3.35. The molecule has 0 saturated carbocycles. The third-order valence-corrected chi connectivity index (χ3v) is 2.36. The maximum absolute atomic E-state index is 12.9. The van der Waals surface area contributed by atoms with Crippen molar-refractivity contribution in [2.75, 3.05) is 5.73 Å². The Bertz CT molecular complexity index is 677. The molecule has 102 valence electrons.